The maximum Gasteiger partial charge on any atom is 0.119 e. The van der Waals surface area contributed by atoms with Crippen LogP contribution >= 0.6 is 11.6 Å². The normalized spacial score (nSPS) is 26.7. The molecule has 5 atom stereocenters. The van der Waals surface area contributed by atoms with Crippen LogP contribution in [0.5, 0.6) is 5.75 Å². The molecule has 30 heavy (non-hydrogen) atoms. The Balaban J connectivity index is 1.81. The molecule has 3 rings (SSSR count). The van der Waals surface area contributed by atoms with Crippen molar-refractivity contribution in [2.45, 2.75) is 56.9 Å². The van der Waals surface area contributed by atoms with E-state index in [-0.39, 0.29) is 12.7 Å². The molecule has 1 fully saturated rings. The molecular formula is C23H29ClO6. The molecule has 0 saturated carbocycles. The van der Waals surface area contributed by atoms with Gasteiger partial charge in [-0.3, -0.25) is 0 Å². The van der Waals surface area contributed by atoms with Crippen LogP contribution in [0.1, 0.15) is 36.6 Å². The Labute approximate surface area is 182 Å². The second kappa shape index (κ2) is 10.1. The zero-order valence-corrected chi connectivity index (χ0v) is 18.1. The van der Waals surface area contributed by atoms with Crippen molar-refractivity contribution in [3.8, 4) is 5.75 Å². The van der Waals surface area contributed by atoms with Gasteiger partial charge in [0.2, 0.25) is 0 Å². The van der Waals surface area contributed by atoms with Crippen molar-refractivity contribution in [3.63, 3.8) is 0 Å². The predicted octanol–water partition coefficient (Wildman–Crippen LogP) is 2.89. The van der Waals surface area contributed by atoms with E-state index in [0.717, 1.165) is 16.9 Å². The zero-order valence-electron chi connectivity index (χ0n) is 17.4. The molecule has 0 bridgehead atoms. The maximum absolute atomic E-state index is 10.6. The second-order valence-corrected chi connectivity index (χ2v) is 8.20. The molecule has 2 aromatic carbocycles. The average Bonchev–Trinajstić information content (AvgIpc) is 2.72. The molecule has 0 aromatic heterocycles. The molecule has 0 aliphatic carbocycles. The first-order valence-electron chi connectivity index (χ1n) is 10.0. The van der Waals surface area contributed by atoms with Crippen molar-refractivity contribution in [3.05, 3.63) is 64.2 Å². The average molecular weight is 437 g/mol. The number of halogens is 1. The summed E-state index contributed by atoms with van der Waals surface area (Å²) in [6, 6.07) is 13.2. The van der Waals surface area contributed by atoms with Crippen LogP contribution < -0.4 is 4.74 Å². The van der Waals surface area contributed by atoms with Gasteiger partial charge in [-0.05, 0) is 55.2 Å². The van der Waals surface area contributed by atoms with Gasteiger partial charge in [-0.15, -0.1) is 0 Å². The van der Waals surface area contributed by atoms with Crippen LogP contribution in [-0.2, 0) is 15.9 Å². The van der Waals surface area contributed by atoms with Gasteiger partial charge in [0, 0.05) is 12.1 Å². The highest BCUT2D eigenvalue weighted by molar-refractivity contribution is 6.31. The smallest absolute Gasteiger partial charge is 0.119 e. The summed E-state index contributed by atoms with van der Waals surface area (Å²) in [5, 5.41) is 31.2. The van der Waals surface area contributed by atoms with E-state index in [1.807, 2.05) is 44.2 Å². The second-order valence-electron chi connectivity index (χ2n) is 7.80. The molecule has 6 nitrogen and oxygen atoms in total. The van der Waals surface area contributed by atoms with E-state index in [1.54, 1.807) is 12.1 Å². The summed E-state index contributed by atoms with van der Waals surface area (Å²) in [4.78, 5) is 0. The van der Waals surface area contributed by atoms with E-state index in [1.165, 1.54) is 7.11 Å². The Morgan fingerprint density at radius 3 is 2.37 bits per heavy atom. The Morgan fingerprint density at radius 2 is 1.77 bits per heavy atom. The van der Waals surface area contributed by atoms with Gasteiger partial charge in [0.1, 0.15) is 36.3 Å². The van der Waals surface area contributed by atoms with E-state index in [9.17, 15) is 15.3 Å². The quantitative estimate of drug-likeness (QED) is 0.618. The van der Waals surface area contributed by atoms with Crippen molar-refractivity contribution >= 4 is 11.6 Å². The number of ether oxygens (including phenoxy) is 3. The van der Waals surface area contributed by atoms with Gasteiger partial charge in [0.15, 0.2) is 0 Å². The van der Waals surface area contributed by atoms with E-state index in [0.29, 0.717) is 17.0 Å². The number of benzene rings is 2. The summed E-state index contributed by atoms with van der Waals surface area (Å²) < 4.78 is 16.7. The standard InChI is InChI=1S/C23H29ClO6/c1-13(2)29-17-7-4-14(5-8-17)10-16-11-15(6-9-18(16)24)22-20(26)21(27)23(28-3)19(12-25)30-22/h4-9,11,13,19-23,25-27H,10,12H2,1-3H3/t19-,20-,21-,22+,23-/m1/s1. The minimum Gasteiger partial charge on any atom is -0.491 e. The van der Waals surface area contributed by atoms with Crippen molar-refractivity contribution in [2.75, 3.05) is 13.7 Å². The van der Waals surface area contributed by atoms with Crippen LogP contribution in [0.25, 0.3) is 0 Å². The summed E-state index contributed by atoms with van der Waals surface area (Å²) in [7, 11) is 1.41. The molecule has 1 aliphatic rings. The SMILES string of the molecule is CO[C@H]1[C@H](O)[C@@H](O)[C@H](c2ccc(Cl)c(Cc3ccc(OC(C)C)cc3)c2)O[C@@H]1CO. The van der Waals surface area contributed by atoms with Gasteiger partial charge in [0.05, 0.1) is 12.7 Å². The third-order valence-corrected chi connectivity index (χ3v) is 5.59. The van der Waals surface area contributed by atoms with Gasteiger partial charge in [-0.1, -0.05) is 35.9 Å². The molecule has 0 unspecified atom stereocenters. The first kappa shape index (κ1) is 23.0. The number of hydrogen-bond acceptors (Lipinski definition) is 6. The number of hydrogen-bond donors (Lipinski definition) is 3. The molecule has 0 spiro atoms. The van der Waals surface area contributed by atoms with Crippen molar-refractivity contribution < 1.29 is 29.5 Å². The largest absolute Gasteiger partial charge is 0.491 e. The summed E-state index contributed by atoms with van der Waals surface area (Å²) in [6.07, 6.45) is -4.03. The van der Waals surface area contributed by atoms with E-state index >= 15 is 0 Å². The summed E-state index contributed by atoms with van der Waals surface area (Å²) in [5.74, 6) is 0.809. The van der Waals surface area contributed by atoms with Crippen molar-refractivity contribution in [1.82, 2.24) is 0 Å². The van der Waals surface area contributed by atoms with Crippen LogP contribution in [0.15, 0.2) is 42.5 Å². The molecule has 1 saturated heterocycles. The monoisotopic (exact) mass is 436 g/mol. The summed E-state index contributed by atoms with van der Waals surface area (Å²) in [6.45, 7) is 3.63. The van der Waals surface area contributed by atoms with Gasteiger partial charge in [-0.25, -0.2) is 0 Å². The minimum absolute atomic E-state index is 0.111. The lowest BCUT2D eigenvalue weighted by atomic mass is 9.90. The lowest BCUT2D eigenvalue weighted by Gasteiger charge is -2.41. The first-order chi connectivity index (χ1) is 14.3. The molecule has 3 N–H and O–H groups in total. The Morgan fingerprint density at radius 1 is 1.07 bits per heavy atom. The molecule has 2 aromatic rings. The summed E-state index contributed by atoms with van der Waals surface area (Å²) in [5.41, 5.74) is 2.60. The van der Waals surface area contributed by atoms with Gasteiger partial charge in [-0.2, -0.15) is 0 Å². The lowest BCUT2D eigenvalue weighted by Crippen LogP contribution is -2.56. The molecular weight excluding hydrogens is 408 g/mol. The Hall–Kier alpha value is -1.67. The van der Waals surface area contributed by atoms with Crippen molar-refractivity contribution in [1.29, 1.82) is 0 Å². The highest BCUT2D eigenvalue weighted by Crippen LogP contribution is 2.35. The molecule has 0 radical (unpaired) electrons. The molecule has 1 aliphatic heterocycles. The number of rotatable bonds is 7. The topological polar surface area (TPSA) is 88.4 Å². The molecule has 0 amide bonds. The van der Waals surface area contributed by atoms with Gasteiger partial charge in [0.25, 0.3) is 0 Å². The Bertz CT molecular complexity index is 823. The lowest BCUT2D eigenvalue weighted by molar-refractivity contribution is -0.238. The number of methoxy groups -OCH3 is 1. The van der Waals surface area contributed by atoms with Crippen molar-refractivity contribution in [2.24, 2.45) is 0 Å². The maximum atomic E-state index is 10.6. The zero-order chi connectivity index (χ0) is 21.8. The molecule has 7 heteroatoms. The van der Waals surface area contributed by atoms with Crippen LogP contribution in [0, 0.1) is 0 Å². The fourth-order valence-corrected chi connectivity index (χ4v) is 3.92. The van der Waals surface area contributed by atoms with E-state index in [4.69, 9.17) is 25.8 Å². The first-order valence-corrected chi connectivity index (χ1v) is 10.4. The van der Waals surface area contributed by atoms with E-state index < -0.39 is 30.5 Å². The van der Waals surface area contributed by atoms with E-state index in [2.05, 4.69) is 0 Å². The highest BCUT2D eigenvalue weighted by atomic mass is 35.5. The third-order valence-electron chi connectivity index (χ3n) is 5.22. The predicted molar refractivity (Wildman–Crippen MR) is 114 cm³/mol. The fraction of sp³-hybridized carbons (Fsp3) is 0.478. The van der Waals surface area contributed by atoms with Crippen LogP contribution in [-0.4, -0.2) is 59.6 Å². The van der Waals surface area contributed by atoms with Gasteiger partial charge < -0.3 is 29.5 Å². The molecule has 1 heterocycles. The van der Waals surface area contributed by atoms with Gasteiger partial charge >= 0.3 is 0 Å². The van der Waals surface area contributed by atoms with Crippen LogP contribution in [0.4, 0.5) is 0 Å². The highest BCUT2D eigenvalue weighted by Gasteiger charge is 2.45. The number of aliphatic hydroxyl groups is 3. The Kier molecular flexibility index (Phi) is 7.74. The third kappa shape index (κ3) is 5.14. The minimum atomic E-state index is -1.20. The summed E-state index contributed by atoms with van der Waals surface area (Å²) >= 11 is 6.41. The molecule has 164 valence electrons. The number of aliphatic hydroxyl groups excluding tert-OH is 3. The fourth-order valence-electron chi connectivity index (χ4n) is 3.74. The van der Waals surface area contributed by atoms with Crippen LogP contribution in [0.3, 0.4) is 0 Å². The van der Waals surface area contributed by atoms with Crippen LogP contribution in [0.2, 0.25) is 5.02 Å².